The van der Waals surface area contributed by atoms with Crippen LogP contribution in [0.5, 0.6) is 0 Å². The van der Waals surface area contributed by atoms with Crippen molar-refractivity contribution in [2.24, 2.45) is 11.8 Å². The molecule has 0 radical (unpaired) electrons. The Morgan fingerprint density at radius 3 is 2.75 bits per heavy atom. The smallest absolute Gasteiger partial charge is 0.337 e. The van der Waals surface area contributed by atoms with Crippen LogP contribution in [0, 0.1) is 11.8 Å². The maximum absolute atomic E-state index is 11.4. The van der Waals surface area contributed by atoms with Crippen LogP contribution in [0.15, 0.2) is 24.3 Å². The minimum Gasteiger partial charge on any atom is -0.465 e. The monoisotopic (exact) mass is 274 g/mol. The number of methoxy groups -OCH3 is 1. The third-order valence-corrected chi connectivity index (χ3v) is 4.82. The molecular formula is C16H22N2O2. The Morgan fingerprint density at radius 1 is 1.35 bits per heavy atom. The van der Waals surface area contributed by atoms with E-state index in [1.54, 1.807) is 0 Å². The summed E-state index contributed by atoms with van der Waals surface area (Å²) < 4.78 is 4.72. The van der Waals surface area contributed by atoms with E-state index >= 15 is 0 Å². The van der Waals surface area contributed by atoms with Gasteiger partial charge in [0.05, 0.1) is 12.7 Å². The van der Waals surface area contributed by atoms with Crippen LogP contribution in [0.1, 0.15) is 22.8 Å². The number of carbonyl (C=O) groups excluding carboxylic acids is 1. The Bertz CT molecular complexity index is 486. The first kappa shape index (κ1) is 13.6. The number of rotatable bonds is 3. The van der Waals surface area contributed by atoms with E-state index in [9.17, 15) is 4.79 Å². The standard InChI is InChI=1S/C16H22N2O2/c1-11-15-8-17-7-14(15)10-18(11)9-12-3-5-13(6-4-12)16(19)20-2/h3-6,11,14-15,17H,7-10H2,1-2H3. The minimum absolute atomic E-state index is 0.272. The SMILES string of the molecule is COC(=O)c1ccc(CN2CC3CNCC3C2C)cc1. The Labute approximate surface area is 120 Å². The summed E-state index contributed by atoms with van der Waals surface area (Å²) in [4.78, 5) is 14.0. The van der Waals surface area contributed by atoms with Crippen LogP contribution < -0.4 is 5.32 Å². The summed E-state index contributed by atoms with van der Waals surface area (Å²) in [7, 11) is 1.41. The van der Waals surface area contributed by atoms with Crippen molar-refractivity contribution in [1.29, 1.82) is 0 Å². The van der Waals surface area contributed by atoms with Gasteiger partial charge in [-0.2, -0.15) is 0 Å². The molecular weight excluding hydrogens is 252 g/mol. The van der Waals surface area contributed by atoms with Gasteiger partial charge in [0.25, 0.3) is 0 Å². The van der Waals surface area contributed by atoms with E-state index in [0.717, 1.165) is 31.5 Å². The van der Waals surface area contributed by atoms with E-state index in [-0.39, 0.29) is 5.97 Å². The third kappa shape index (κ3) is 2.45. The van der Waals surface area contributed by atoms with Crippen LogP contribution in [0.25, 0.3) is 0 Å². The zero-order valence-corrected chi connectivity index (χ0v) is 12.1. The average molecular weight is 274 g/mol. The van der Waals surface area contributed by atoms with Gasteiger partial charge >= 0.3 is 5.97 Å². The molecule has 0 saturated carbocycles. The molecule has 0 bridgehead atoms. The zero-order chi connectivity index (χ0) is 14.1. The molecule has 2 aliphatic rings. The highest BCUT2D eigenvalue weighted by Gasteiger charge is 2.41. The first-order chi connectivity index (χ1) is 9.69. The van der Waals surface area contributed by atoms with Gasteiger partial charge in [0.15, 0.2) is 0 Å². The first-order valence-electron chi connectivity index (χ1n) is 7.31. The molecule has 3 unspecified atom stereocenters. The number of ether oxygens (including phenoxy) is 1. The van der Waals surface area contributed by atoms with E-state index in [4.69, 9.17) is 4.74 Å². The highest BCUT2D eigenvalue weighted by atomic mass is 16.5. The quantitative estimate of drug-likeness (QED) is 0.848. The zero-order valence-electron chi connectivity index (χ0n) is 12.1. The molecule has 4 heteroatoms. The van der Waals surface area contributed by atoms with Crippen molar-refractivity contribution in [2.75, 3.05) is 26.7 Å². The minimum atomic E-state index is -0.272. The van der Waals surface area contributed by atoms with E-state index in [1.165, 1.54) is 19.2 Å². The fraction of sp³-hybridized carbons (Fsp3) is 0.562. The summed E-state index contributed by atoms with van der Waals surface area (Å²) in [5, 5.41) is 3.49. The van der Waals surface area contributed by atoms with Crippen molar-refractivity contribution in [2.45, 2.75) is 19.5 Å². The second kappa shape index (κ2) is 5.54. The molecule has 0 amide bonds. The third-order valence-electron chi connectivity index (χ3n) is 4.82. The lowest BCUT2D eigenvalue weighted by molar-refractivity contribution is 0.0600. The van der Waals surface area contributed by atoms with Crippen LogP contribution in [0.2, 0.25) is 0 Å². The van der Waals surface area contributed by atoms with Crippen molar-refractivity contribution in [3.05, 3.63) is 35.4 Å². The molecule has 3 atom stereocenters. The molecule has 4 nitrogen and oxygen atoms in total. The number of hydrogen-bond donors (Lipinski definition) is 1. The topological polar surface area (TPSA) is 41.6 Å². The number of nitrogens with one attached hydrogen (secondary N) is 1. The van der Waals surface area contributed by atoms with Crippen molar-refractivity contribution in [3.63, 3.8) is 0 Å². The van der Waals surface area contributed by atoms with Gasteiger partial charge in [0.2, 0.25) is 0 Å². The fourth-order valence-corrected chi connectivity index (χ4v) is 3.56. The van der Waals surface area contributed by atoms with Gasteiger partial charge in [-0.1, -0.05) is 12.1 Å². The van der Waals surface area contributed by atoms with Crippen LogP contribution >= 0.6 is 0 Å². The van der Waals surface area contributed by atoms with Crippen molar-refractivity contribution in [1.82, 2.24) is 10.2 Å². The summed E-state index contributed by atoms with van der Waals surface area (Å²) in [6, 6.07) is 8.40. The van der Waals surface area contributed by atoms with E-state index in [2.05, 4.69) is 17.1 Å². The van der Waals surface area contributed by atoms with E-state index in [1.807, 2.05) is 24.3 Å². The van der Waals surface area contributed by atoms with Crippen molar-refractivity contribution in [3.8, 4) is 0 Å². The van der Waals surface area contributed by atoms with Gasteiger partial charge < -0.3 is 10.1 Å². The molecule has 3 rings (SSSR count). The number of nitrogens with zero attached hydrogens (tertiary/aromatic N) is 1. The number of benzene rings is 1. The lowest BCUT2D eigenvalue weighted by atomic mass is 9.95. The lowest BCUT2D eigenvalue weighted by Gasteiger charge is -2.24. The molecule has 2 heterocycles. The Balaban J connectivity index is 1.65. The predicted molar refractivity (Wildman–Crippen MR) is 77.5 cm³/mol. The largest absolute Gasteiger partial charge is 0.465 e. The number of fused-ring (bicyclic) bond motifs is 1. The number of hydrogen-bond acceptors (Lipinski definition) is 4. The van der Waals surface area contributed by atoms with Gasteiger partial charge in [-0.15, -0.1) is 0 Å². The molecule has 0 aliphatic carbocycles. The molecule has 2 saturated heterocycles. The first-order valence-corrected chi connectivity index (χ1v) is 7.31. The Morgan fingerprint density at radius 2 is 2.10 bits per heavy atom. The summed E-state index contributed by atoms with van der Waals surface area (Å²) >= 11 is 0. The number of esters is 1. The second-order valence-corrected chi connectivity index (χ2v) is 5.94. The molecule has 0 spiro atoms. The summed E-state index contributed by atoms with van der Waals surface area (Å²) in [5.74, 6) is 1.33. The summed E-state index contributed by atoms with van der Waals surface area (Å²) in [5.41, 5.74) is 1.88. The molecule has 20 heavy (non-hydrogen) atoms. The normalized spacial score (nSPS) is 29.4. The fourth-order valence-electron chi connectivity index (χ4n) is 3.56. The van der Waals surface area contributed by atoms with Crippen LogP contribution in [0.3, 0.4) is 0 Å². The molecule has 2 fully saturated rings. The molecule has 1 N–H and O–H groups in total. The number of carbonyl (C=O) groups is 1. The lowest BCUT2D eigenvalue weighted by Crippen LogP contribution is -2.32. The van der Waals surface area contributed by atoms with E-state index < -0.39 is 0 Å². The highest BCUT2D eigenvalue weighted by molar-refractivity contribution is 5.89. The van der Waals surface area contributed by atoms with Gasteiger partial charge in [-0.3, -0.25) is 4.90 Å². The summed E-state index contributed by atoms with van der Waals surface area (Å²) in [6.45, 7) is 6.80. The maximum atomic E-state index is 11.4. The Kier molecular flexibility index (Phi) is 3.76. The van der Waals surface area contributed by atoms with Crippen molar-refractivity contribution >= 4 is 5.97 Å². The van der Waals surface area contributed by atoms with Gasteiger partial charge in [0.1, 0.15) is 0 Å². The number of likely N-dealkylation sites (tertiary alicyclic amines) is 1. The van der Waals surface area contributed by atoms with Crippen molar-refractivity contribution < 1.29 is 9.53 Å². The molecule has 1 aromatic rings. The maximum Gasteiger partial charge on any atom is 0.337 e. The van der Waals surface area contributed by atoms with Crippen LogP contribution in [-0.4, -0.2) is 43.7 Å². The Hall–Kier alpha value is -1.39. The molecule has 1 aromatic carbocycles. The van der Waals surface area contributed by atoms with Gasteiger partial charge in [-0.25, -0.2) is 4.79 Å². The molecule has 108 valence electrons. The van der Waals surface area contributed by atoms with Crippen LogP contribution in [0.4, 0.5) is 0 Å². The second-order valence-electron chi connectivity index (χ2n) is 5.94. The molecule has 2 aliphatic heterocycles. The van der Waals surface area contributed by atoms with Gasteiger partial charge in [-0.05, 0) is 49.5 Å². The van der Waals surface area contributed by atoms with E-state index in [0.29, 0.717) is 11.6 Å². The summed E-state index contributed by atoms with van der Waals surface area (Å²) in [6.07, 6.45) is 0. The van der Waals surface area contributed by atoms with Crippen LogP contribution in [-0.2, 0) is 11.3 Å². The molecule has 0 aromatic heterocycles. The van der Waals surface area contributed by atoms with Gasteiger partial charge in [0, 0.05) is 19.1 Å². The highest BCUT2D eigenvalue weighted by Crippen LogP contribution is 2.33. The average Bonchev–Trinajstić information content (AvgIpc) is 3.03. The predicted octanol–water partition coefficient (Wildman–Crippen LogP) is 1.51.